The van der Waals surface area contributed by atoms with Gasteiger partial charge in [0.1, 0.15) is 89.8 Å². The number of carbonyl (C=O) groups is 17. The van der Waals surface area contributed by atoms with Crippen molar-refractivity contribution < 1.29 is 91.7 Å². The smallest absolute Gasteiger partial charge is 0.247 e. The minimum Gasteiger partial charge on any atom is -0.508 e. The van der Waals surface area contributed by atoms with Crippen LogP contribution >= 0.6 is 23.1 Å². The first-order chi connectivity index (χ1) is 64.8. The van der Waals surface area contributed by atoms with Gasteiger partial charge in [-0.15, -0.1) is 29.7 Å². The van der Waals surface area contributed by atoms with Crippen LogP contribution in [0.4, 0.5) is 0 Å². The maximum atomic E-state index is 15.8. The third-order valence-corrected chi connectivity index (χ3v) is 26.4. The average Bonchev–Trinajstić information content (AvgIpc) is 1.58. The molecule has 736 valence electrons. The van der Waals surface area contributed by atoms with Gasteiger partial charge in [-0.3, -0.25) is 86.9 Å². The van der Waals surface area contributed by atoms with Crippen molar-refractivity contribution >= 4 is 150 Å². The van der Waals surface area contributed by atoms with E-state index in [4.69, 9.17) is 22.6 Å². The van der Waals surface area contributed by atoms with E-state index in [9.17, 15) is 53.4 Å². The fraction of sp³-hybridized carbons (Fsp3) is 0.511. The lowest BCUT2D eigenvalue weighted by atomic mass is 10.00. The molecule has 136 heavy (non-hydrogen) atoms. The second kappa shape index (κ2) is 50.2. The van der Waals surface area contributed by atoms with Crippen LogP contribution in [0.3, 0.4) is 0 Å². The lowest BCUT2D eigenvalue weighted by Gasteiger charge is -2.36. The number of aromatic hydroxyl groups is 1. The van der Waals surface area contributed by atoms with Gasteiger partial charge in [-0.05, 0) is 115 Å². The number of aromatic nitrogens is 3. The normalized spacial score (nSPS) is 25.0. The fourth-order valence-electron chi connectivity index (χ4n) is 16.7. The van der Waals surface area contributed by atoms with E-state index in [1.54, 1.807) is 62.7 Å². The summed E-state index contributed by atoms with van der Waals surface area (Å²) in [5.41, 5.74) is 17.5. The van der Waals surface area contributed by atoms with Crippen molar-refractivity contribution in [2.75, 3.05) is 58.9 Å². The summed E-state index contributed by atoms with van der Waals surface area (Å²) in [7, 11) is 3.90. The molecule has 1 saturated carbocycles. The van der Waals surface area contributed by atoms with E-state index in [-0.39, 0.29) is 102 Å². The molecule has 5 heterocycles. The number of nitrogens with zero attached hydrogens (tertiary/aromatic N) is 5. The van der Waals surface area contributed by atoms with E-state index in [0.717, 1.165) is 47.5 Å². The number of primary amides is 2. The number of rotatable bonds is 27. The number of nitrogens with two attached hydrogens (primary N) is 3. The van der Waals surface area contributed by atoms with Gasteiger partial charge < -0.3 is 121 Å². The van der Waals surface area contributed by atoms with Crippen LogP contribution in [-0.4, -0.2) is 294 Å². The van der Waals surface area contributed by atoms with Crippen LogP contribution in [-0.2, 0) is 107 Å². The number of guanidine groups is 1. The summed E-state index contributed by atoms with van der Waals surface area (Å²) in [6, 6.07) is -0.401. The van der Waals surface area contributed by atoms with Gasteiger partial charge >= 0.3 is 0 Å². The molecule has 3 fully saturated rings. The summed E-state index contributed by atoms with van der Waals surface area (Å²) < 4.78 is 0.821. The summed E-state index contributed by atoms with van der Waals surface area (Å²) in [6.07, 6.45) is 5.10. The van der Waals surface area contributed by atoms with Gasteiger partial charge in [0.15, 0.2) is 5.96 Å². The van der Waals surface area contributed by atoms with Crippen molar-refractivity contribution in [1.29, 1.82) is 5.41 Å². The molecule has 9 rings (SSSR count). The molecule has 0 radical (unpaired) electrons. The number of fused-ring (bicyclic) bond motifs is 3. The highest BCUT2D eigenvalue weighted by molar-refractivity contribution is 8.00. The molecule has 15 atom stereocenters. The Balaban J connectivity index is 1.10. The SMILES string of the molecule is C=C[C@H]1C(=O)N[C@@H](CC(N)=O)C(=O)N2CCC[C@H]2C(=O)N[C@@H](Cc2cnc[nH]2)C(=O)N[C@@H](CC(C)C)C(=O)NC2(C[C@@H]2C)C(=O)N[C@@H](Cc2c[nH]c3ccccc23)C(=O)N[C@@H](CO)C(=O)N[C@@H](Cc2csc3ccccc23)C(=O)N(C)[C@@H](CCCC)C(=O)N(C)[C@@H](CCCC)C(=O)N[C@@H](CCCNC(=N)N)C(=O)NC(C(=O)NCC(N)=O)CSCC(=O)N[C@@H](Cc2ccc(O)cc2)C(=O)N1C. The number of aromatic amines is 2. The number of benzene rings is 3. The zero-order valence-corrected chi connectivity index (χ0v) is 79.2. The van der Waals surface area contributed by atoms with Crippen LogP contribution in [0.1, 0.15) is 140 Å². The number of aliphatic hydroxyl groups excluding tert-OH is 1. The first-order valence-corrected chi connectivity index (χ1v) is 47.5. The zero-order chi connectivity index (χ0) is 99.4. The van der Waals surface area contributed by atoms with E-state index < -0.39 is 227 Å². The molecule has 3 aliphatic rings. The molecule has 2 unspecified atom stereocenters. The number of phenols is 1. The number of nitrogens with one attached hydrogen (secondary N) is 15. The fourth-order valence-corrected chi connectivity index (χ4v) is 18.5. The molecular weight excluding hydrogens is 1800 g/mol. The van der Waals surface area contributed by atoms with Crippen LogP contribution in [0.5, 0.6) is 5.75 Å². The Hall–Kier alpha value is -13.5. The quantitative estimate of drug-likeness (QED) is 0.0126. The highest BCUT2D eigenvalue weighted by atomic mass is 32.2. The molecule has 44 heteroatoms. The number of amides is 17. The lowest BCUT2D eigenvalue weighted by molar-refractivity contribution is -0.149. The monoisotopic (exact) mass is 1920 g/mol. The number of hydrogen-bond donors (Lipinski definition) is 20. The number of para-hydroxylation sites is 1. The maximum Gasteiger partial charge on any atom is 0.247 e. The second-order valence-corrected chi connectivity index (χ2v) is 37.0. The predicted molar refractivity (Wildman–Crippen MR) is 506 cm³/mol. The third kappa shape index (κ3) is 29.0. The van der Waals surface area contributed by atoms with E-state index in [1.807, 2.05) is 32.0 Å². The van der Waals surface area contributed by atoms with Crippen molar-refractivity contribution in [3.8, 4) is 5.75 Å². The number of unbranched alkanes of at least 4 members (excludes halogenated alkanes) is 2. The summed E-state index contributed by atoms with van der Waals surface area (Å²) in [4.78, 5) is 265. The maximum absolute atomic E-state index is 15.8. The number of thiophene rings is 1. The molecule has 17 amide bonds. The molecule has 0 bridgehead atoms. The Morgan fingerprint density at radius 3 is 1.85 bits per heavy atom. The Morgan fingerprint density at radius 1 is 0.618 bits per heavy atom. The molecule has 3 aromatic heterocycles. The molecule has 1 spiro atoms. The largest absolute Gasteiger partial charge is 0.508 e. The van der Waals surface area contributed by atoms with Crippen molar-refractivity contribution in [3.05, 3.63) is 132 Å². The van der Waals surface area contributed by atoms with E-state index in [0.29, 0.717) is 59.0 Å². The van der Waals surface area contributed by atoms with Gasteiger partial charge in [0.2, 0.25) is 100 Å². The summed E-state index contributed by atoms with van der Waals surface area (Å²) in [6.45, 7) is 10.7. The highest BCUT2D eigenvalue weighted by Gasteiger charge is 2.60. The summed E-state index contributed by atoms with van der Waals surface area (Å²) in [5.74, 6) is -18.5. The standard InChI is InChI=1S/C92H127N23O19S2/c1-10-13-25-70-84(128)103-60(24-19-33-98-91(95)96)78(122)109-68(77(121)100-44-75(94)119)47-135-48-76(120)102-64(36-52-29-31-56(117)32-30-52)86(130)112(7)69(12-3)83(127)107-66(40-74(93)118)88(132)115-34-20-27-71(115)85(129)105-63(39-55-43-97-49-101-55)80(124)104-61(35-50(4)5)82(126)111-92(41-51(92)6)90(134)110-62(37-53-42-99-59-23-17-15-21-57(53)59)79(123)108-67(45-116)81(125)106-65(38-54-46-136-73-28-18-16-22-58(54)73)87(131)114(9)72(26-14-11-2)89(133)113(70)8/h12,15-18,21-23,28-32,42-43,46,49-51,60-72,99,116-117H,3,10-11,13-14,19-20,24-27,33-41,44-45,47-48H2,1-2,4-9H3,(H2,93,118)(H2,94,119)(H,97,101)(H,100,121)(H,102,120)(H,103,128)(H,104,124)(H,105,129)(H,106,125)(H,107,127)(H,108,123)(H,109,122)(H,110,134)(H,111,126)(H4,95,96,98)/t51-,60-,61-,62-,63-,64-,65-,66-,67-,68?,69-,70-,71-,72-,92?/m0/s1. The minimum absolute atomic E-state index is 0.00389. The van der Waals surface area contributed by atoms with Gasteiger partial charge in [-0.25, -0.2) is 4.98 Å². The summed E-state index contributed by atoms with van der Waals surface area (Å²) >= 11 is 2.11. The minimum atomic E-state index is -1.85. The second-order valence-electron chi connectivity index (χ2n) is 35.0. The van der Waals surface area contributed by atoms with Crippen molar-refractivity contribution in [3.63, 3.8) is 0 Å². The molecule has 2 aliphatic heterocycles. The average molecular weight is 1920 g/mol. The first-order valence-electron chi connectivity index (χ1n) is 45.4. The molecule has 23 N–H and O–H groups in total. The van der Waals surface area contributed by atoms with Crippen LogP contribution in [0.2, 0.25) is 0 Å². The van der Waals surface area contributed by atoms with Gasteiger partial charge in [0.25, 0.3) is 0 Å². The van der Waals surface area contributed by atoms with E-state index in [1.165, 1.54) is 69.3 Å². The van der Waals surface area contributed by atoms with Crippen LogP contribution < -0.4 is 81.0 Å². The Morgan fingerprint density at radius 2 is 1.21 bits per heavy atom. The molecular formula is C92H127N23O19S2. The van der Waals surface area contributed by atoms with Crippen LogP contribution in [0.25, 0.3) is 21.0 Å². The van der Waals surface area contributed by atoms with Gasteiger partial charge in [-0.2, -0.15) is 0 Å². The van der Waals surface area contributed by atoms with Crippen molar-refractivity contribution in [2.45, 2.75) is 228 Å². The topological polar surface area (TPSA) is 634 Å². The van der Waals surface area contributed by atoms with Crippen molar-refractivity contribution in [2.24, 2.45) is 29.0 Å². The number of thioether (sulfide) groups is 1. The Kier molecular flexibility index (Phi) is 39.2. The number of likely N-dealkylation sites (N-methyl/N-ethyl adjacent to an activating group) is 3. The molecule has 6 aromatic rings. The molecule has 42 nitrogen and oxygen atoms in total. The zero-order valence-electron chi connectivity index (χ0n) is 77.6. The van der Waals surface area contributed by atoms with E-state index >= 15 is 38.4 Å². The van der Waals surface area contributed by atoms with Gasteiger partial charge in [0.05, 0.1) is 31.7 Å². The third-order valence-electron chi connectivity index (χ3n) is 24.4. The number of hydrogen-bond acceptors (Lipinski definition) is 23. The predicted octanol–water partition coefficient (Wildman–Crippen LogP) is -1.10. The van der Waals surface area contributed by atoms with E-state index in [2.05, 4.69) is 85.3 Å². The Labute approximate surface area is 795 Å². The van der Waals surface area contributed by atoms with Crippen LogP contribution in [0, 0.1) is 17.2 Å². The number of carbonyl (C=O) groups excluding carboxylic acids is 17. The summed E-state index contributed by atoms with van der Waals surface area (Å²) in [5, 5.41) is 64.6. The Bertz CT molecular complexity index is 5300. The highest BCUT2D eigenvalue weighted by Crippen LogP contribution is 2.44. The van der Waals surface area contributed by atoms with Gasteiger partial charge in [-0.1, -0.05) is 115 Å². The number of aliphatic hydroxyl groups is 1. The first kappa shape index (κ1) is 106. The lowest BCUT2D eigenvalue weighted by Crippen LogP contribution is -2.62. The van der Waals surface area contributed by atoms with Gasteiger partial charge in [0, 0.05) is 99.4 Å². The number of H-pyrrole nitrogens is 2. The molecule has 2 saturated heterocycles. The molecule has 3 aromatic carbocycles. The van der Waals surface area contributed by atoms with Crippen molar-refractivity contribution in [1.82, 2.24) is 98.4 Å². The number of phenolic OH excluding ortho intramolecular Hbond substituents is 1. The van der Waals surface area contributed by atoms with Crippen LogP contribution in [0.15, 0.2) is 110 Å². The molecule has 1 aliphatic carbocycles. The number of imidazole rings is 1.